The quantitative estimate of drug-likeness (QED) is 0.925. The highest BCUT2D eigenvalue weighted by atomic mass is 16.5. The van der Waals surface area contributed by atoms with Crippen LogP contribution in [0, 0.1) is 0 Å². The zero-order chi connectivity index (χ0) is 13.6. The van der Waals surface area contributed by atoms with E-state index in [1.54, 1.807) is 0 Å². The van der Waals surface area contributed by atoms with Crippen LogP contribution < -0.4 is 5.73 Å². The summed E-state index contributed by atoms with van der Waals surface area (Å²) < 4.78 is 5.49. The Morgan fingerprint density at radius 3 is 1.90 bits per heavy atom. The molecule has 102 valence electrons. The summed E-state index contributed by atoms with van der Waals surface area (Å²) in [7, 11) is 0. The van der Waals surface area contributed by atoms with E-state index in [4.69, 9.17) is 10.5 Å². The smallest absolute Gasteiger partial charge is 0.0603 e. The van der Waals surface area contributed by atoms with Crippen molar-refractivity contribution in [3.8, 4) is 11.1 Å². The van der Waals surface area contributed by atoms with Crippen LogP contribution in [0.5, 0.6) is 0 Å². The van der Waals surface area contributed by atoms with Gasteiger partial charge in [-0.15, -0.1) is 0 Å². The van der Waals surface area contributed by atoms with Crippen LogP contribution in [0.15, 0.2) is 54.6 Å². The van der Waals surface area contributed by atoms with E-state index < -0.39 is 0 Å². The lowest BCUT2D eigenvalue weighted by molar-refractivity contribution is -0.0786. The van der Waals surface area contributed by atoms with Gasteiger partial charge in [0.05, 0.1) is 18.6 Å². The lowest BCUT2D eigenvalue weighted by atomic mass is 9.70. The lowest BCUT2D eigenvalue weighted by Crippen LogP contribution is -2.60. The summed E-state index contributed by atoms with van der Waals surface area (Å²) in [5.41, 5.74) is 10.4. The number of rotatable bonds is 3. The van der Waals surface area contributed by atoms with Crippen molar-refractivity contribution in [1.82, 2.24) is 0 Å². The molecule has 2 aromatic rings. The molecule has 1 aliphatic heterocycles. The molecule has 1 aliphatic carbocycles. The zero-order valence-corrected chi connectivity index (χ0v) is 11.5. The van der Waals surface area contributed by atoms with Gasteiger partial charge in [-0.1, -0.05) is 54.6 Å². The molecule has 0 unspecified atom stereocenters. The highest BCUT2D eigenvalue weighted by Gasteiger charge is 2.61. The first kappa shape index (κ1) is 12.1. The van der Waals surface area contributed by atoms with Crippen molar-refractivity contribution in [2.75, 3.05) is 13.2 Å². The Labute approximate surface area is 119 Å². The van der Waals surface area contributed by atoms with Crippen molar-refractivity contribution >= 4 is 0 Å². The van der Waals surface area contributed by atoms with Gasteiger partial charge in [-0.25, -0.2) is 0 Å². The summed E-state index contributed by atoms with van der Waals surface area (Å²) in [6.07, 6.45) is 2.24. The fourth-order valence-electron chi connectivity index (χ4n) is 3.27. The second kappa shape index (κ2) is 4.18. The van der Waals surface area contributed by atoms with Crippen LogP contribution in [0.2, 0.25) is 0 Å². The summed E-state index contributed by atoms with van der Waals surface area (Å²) in [4.78, 5) is 0. The average Bonchev–Trinajstić information content (AvgIpc) is 3.18. The largest absolute Gasteiger partial charge is 0.379 e. The molecular weight excluding hydrogens is 246 g/mol. The molecule has 0 amide bonds. The second-order valence-corrected chi connectivity index (χ2v) is 6.17. The predicted molar refractivity (Wildman–Crippen MR) is 80.5 cm³/mol. The van der Waals surface area contributed by atoms with Crippen LogP contribution >= 0.6 is 0 Å². The Hall–Kier alpha value is -1.64. The Morgan fingerprint density at radius 2 is 1.40 bits per heavy atom. The van der Waals surface area contributed by atoms with E-state index in [0.717, 1.165) is 26.1 Å². The third-order valence-corrected chi connectivity index (χ3v) is 4.98. The molecule has 2 N–H and O–H groups in total. The summed E-state index contributed by atoms with van der Waals surface area (Å²) in [5.74, 6) is 0. The molecule has 0 aromatic heterocycles. The van der Waals surface area contributed by atoms with E-state index in [-0.39, 0.29) is 11.0 Å². The van der Waals surface area contributed by atoms with Gasteiger partial charge < -0.3 is 10.5 Å². The maximum absolute atomic E-state index is 6.49. The lowest BCUT2D eigenvalue weighted by Gasteiger charge is -2.47. The molecule has 1 saturated heterocycles. The van der Waals surface area contributed by atoms with Crippen LogP contribution in [0.3, 0.4) is 0 Å². The molecule has 0 spiro atoms. The van der Waals surface area contributed by atoms with E-state index in [0.29, 0.717) is 0 Å². The molecule has 2 aromatic carbocycles. The van der Waals surface area contributed by atoms with Crippen molar-refractivity contribution in [3.05, 3.63) is 60.2 Å². The molecule has 0 radical (unpaired) electrons. The molecular formula is C18H19NO. The topological polar surface area (TPSA) is 35.2 Å². The number of nitrogens with two attached hydrogens (primary N) is 1. The van der Waals surface area contributed by atoms with Gasteiger partial charge in [0, 0.05) is 5.54 Å². The van der Waals surface area contributed by atoms with Crippen molar-refractivity contribution in [2.24, 2.45) is 5.73 Å². The maximum Gasteiger partial charge on any atom is 0.0603 e. The van der Waals surface area contributed by atoms with Crippen molar-refractivity contribution in [2.45, 2.75) is 23.8 Å². The number of ether oxygens (including phenoxy) is 1. The van der Waals surface area contributed by atoms with Gasteiger partial charge in [-0.2, -0.15) is 0 Å². The van der Waals surface area contributed by atoms with E-state index in [2.05, 4.69) is 48.5 Å². The first-order chi connectivity index (χ1) is 9.74. The predicted octanol–water partition coefficient (Wildman–Crippen LogP) is 3.11. The van der Waals surface area contributed by atoms with Crippen LogP contribution in [-0.2, 0) is 10.2 Å². The van der Waals surface area contributed by atoms with Gasteiger partial charge in [0.2, 0.25) is 0 Å². The van der Waals surface area contributed by atoms with Gasteiger partial charge in [-0.05, 0) is 29.5 Å². The highest BCUT2D eigenvalue weighted by Crippen LogP contribution is 2.53. The number of hydrogen-bond donors (Lipinski definition) is 1. The van der Waals surface area contributed by atoms with Crippen LogP contribution in [0.4, 0.5) is 0 Å². The highest BCUT2D eigenvalue weighted by molar-refractivity contribution is 5.64. The van der Waals surface area contributed by atoms with Crippen LogP contribution in [0.1, 0.15) is 18.4 Å². The molecule has 2 aliphatic rings. The monoisotopic (exact) mass is 265 g/mol. The van der Waals surface area contributed by atoms with Gasteiger partial charge in [0.1, 0.15) is 0 Å². The molecule has 2 nitrogen and oxygen atoms in total. The van der Waals surface area contributed by atoms with Crippen molar-refractivity contribution < 1.29 is 4.74 Å². The molecule has 20 heavy (non-hydrogen) atoms. The van der Waals surface area contributed by atoms with E-state index >= 15 is 0 Å². The Kier molecular flexibility index (Phi) is 2.53. The third-order valence-electron chi connectivity index (χ3n) is 4.98. The van der Waals surface area contributed by atoms with Gasteiger partial charge in [-0.3, -0.25) is 0 Å². The molecule has 0 bridgehead atoms. The first-order valence-electron chi connectivity index (χ1n) is 7.26. The maximum atomic E-state index is 6.49. The van der Waals surface area contributed by atoms with Gasteiger partial charge in [0.15, 0.2) is 0 Å². The minimum atomic E-state index is -0.0283. The van der Waals surface area contributed by atoms with Crippen molar-refractivity contribution in [1.29, 1.82) is 0 Å². The third kappa shape index (κ3) is 1.65. The van der Waals surface area contributed by atoms with Gasteiger partial charge >= 0.3 is 0 Å². The van der Waals surface area contributed by atoms with E-state index in [1.807, 2.05) is 6.07 Å². The summed E-state index contributed by atoms with van der Waals surface area (Å²) in [6.45, 7) is 1.54. The normalized spacial score (nSPS) is 22.1. The summed E-state index contributed by atoms with van der Waals surface area (Å²) in [5, 5.41) is 0. The standard InChI is InChI=1S/C18H19NO/c19-18(10-11-18)17(12-20-13-17)16-8-6-15(7-9-16)14-4-2-1-3-5-14/h1-9H,10-13,19H2. The summed E-state index contributed by atoms with van der Waals surface area (Å²) >= 11 is 0. The minimum Gasteiger partial charge on any atom is -0.379 e. The van der Waals surface area contributed by atoms with Crippen LogP contribution in [-0.4, -0.2) is 18.8 Å². The van der Waals surface area contributed by atoms with Crippen molar-refractivity contribution in [3.63, 3.8) is 0 Å². The Balaban J connectivity index is 1.68. The van der Waals surface area contributed by atoms with Crippen LogP contribution in [0.25, 0.3) is 11.1 Å². The number of hydrogen-bond acceptors (Lipinski definition) is 2. The molecule has 2 heteroatoms. The molecule has 2 fully saturated rings. The zero-order valence-electron chi connectivity index (χ0n) is 11.5. The Bertz CT molecular complexity index is 610. The Morgan fingerprint density at radius 1 is 0.800 bits per heavy atom. The molecule has 0 atom stereocenters. The molecule has 4 rings (SSSR count). The fraction of sp³-hybridized carbons (Fsp3) is 0.333. The average molecular weight is 265 g/mol. The molecule has 1 heterocycles. The fourth-order valence-corrected chi connectivity index (χ4v) is 3.27. The SMILES string of the molecule is NC1(C2(c3ccc(-c4ccccc4)cc3)COC2)CC1. The first-order valence-corrected chi connectivity index (χ1v) is 7.26. The molecule has 1 saturated carbocycles. The van der Waals surface area contributed by atoms with E-state index in [1.165, 1.54) is 16.7 Å². The van der Waals surface area contributed by atoms with E-state index in [9.17, 15) is 0 Å². The second-order valence-electron chi connectivity index (χ2n) is 6.17. The summed E-state index contributed by atoms with van der Waals surface area (Å²) in [6, 6.07) is 19.4. The minimum absolute atomic E-state index is 0.0283. The number of benzene rings is 2. The van der Waals surface area contributed by atoms with Gasteiger partial charge in [0.25, 0.3) is 0 Å².